The fraction of sp³-hybridized carbons (Fsp3) is 0.400. The fourth-order valence-electron chi connectivity index (χ4n) is 3.95. The number of hydrogen-bond acceptors (Lipinski definition) is 5. The fourth-order valence-corrected chi connectivity index (χ4v) is 3.95. The number of aryl methyl sites for hydroxylation is 1. The predicted octanol–water partition coefficient (Wildman–Crippen LogP) is 2.62. The predicted molar refractivity (Wildman–Crippen MR) is 103 cm³/mol. The zero-order chi connectivity index (χ0) is 19.0. The minimum Gasteiger partial charge on any atom is -0.493 e. The number of hydrogen-bond donors (Lipinski definition) is 1. The molecule has 0 saturated carbocycles. The summed E-state index contributed by atoms with van der Waals surface area (Å²) in [6.07, 6.45) is 4.32. The Morgan fingerprint density at radius 3 is 2.74 bits per heavy atom. The smallest absolute Gasteiger partial charge is 0.258 e. The van der Waals surface area contributed by atoms with Gasteiger partial charge in [0.25, 0.3) is 5.56 Å². The number of ether oxygens (including phenoxy) is 2. The molecule has 4 rings (SSSR count). The van der Waals surface area contributed by atoms with Crippen molar-refractivity contribution >= 4 is 10.9 Å². The molecule has 1 atom stereocenters. The maximum absolute atomic E-state index is 12.6. The molecule has 0 bridgehead atoms. The molecule has 1 aromatic carbocycles. The first-order valence-electron chi connectivity index (χ1n) is 9.11. The number of fused-ring (bicyclic) bond motifs is 1. The first-order valence-corrected chi connectivity index (χ1v) is 9.11. The molecule has 2 aromatic heterocycles. The van der Waals surface area contributed by atoms with E-state index in [2.05, 4.69) is 44.8 Å². The van der Waals surface area contributed by atoms with E-state index in [0.717, 1.165) is 19.4 Å². The molecule has 1 saturated heterocycles. The van der Waals surface area contributed by atoms with Gasteiger partial charge in [0, 0.05) is 25.0 Å². The highest BCUT2D eigenvalue weighted by Crippen LogP contribution is 2.33. The van der Waals surface area contributed by atoms with Crippen LogP contribution in [0, 0.1) is 0 Å². The topological polar surface area (TPSA) is 72.4 Å². The molecular formula is C20H24N4O3. The average Bonchev–Trinajstić information content (AvgIpc) is 3.29. The van der Waals surface area contributed by atoms with Crippen molar-refractivity contribution in [3.63, 3.8) is 0 Å². The van der Waals surface area contributed by atoms with Gasteiger partial charge in [-0.2, -0.15) is 0 Å². The molecule has 142 valence electrons. The highest BCUT2D eigenvalue weighted by Gasteiger charge is 2.28. The Balaban J connectivity index is 1.68. The number of benzene rings is 1. The average molecular weight is 368 g/mol. The van der Waals surface area contributed by atoms with Crippen LogP contribution in [-0.4, -0.2) is 40.2 Å². The molecule has 7 nitrogen and oxygen atoms in total. The van der Waals surface area contributed by atoms with Crippen LogP contribution in [-0.2, 0) is 13.6 Å². The van der Waals surface area contributed by atoms with Gasteiger partial charge in [-0.15, -0.1) is 0 Å². The van der Waals surface area contributed by atoms with Gasteiger partial charge in [-0.05, 0) is 37.6 Å². The summed E-state index contributed by atoms with van der Waals surface area (Å²) in [6, 6.07) is 8.01. The zero-order valence-corrected chi connectivity index (χ0v) is 15.9. The van der Waals surface area contributed by atoms with E-state index in [-0.39, 0.29) is 5.56 Å². The van der Waals surface area contributed by atoms with Gasteiger partial charge in [-0.1, -0.05) is 0 Å². The van der Waals surface area contributed by atoms with Crippen LogP contribution in [0.3, 0.4) is 0 Å². The minimum atomic E-state index is -0.162. The van der Waals surface area contributed by atoms with Gasteiger partial charge in [0.05, 0.1) is 37.7 Å². The van der Waals surface area contributed by atoms with Gasteiger partial charge in [0.1, 0.15) is 5.82 Å². The van der Waals surface area contributed by atoms with Crippen molar-refractivity contribution in [2.24, 2.45) is 7.05 Å². The summed E-state index contributed by atoms with van der Waals surface area (Å²) >= 11 is 0. The van der Waals surface area contributed by atoms with Crippen LogP contribution in [0.25, 0.3) is 10.9 Å². The molecule has 1 aliphatic heterocycles. The van der Waals surface area contributed by atoms with Gasteiger partial charge in [-0.3, -0.25) is 9.69 Å². The monoisotopic (exact) mass is 368 g/mol. The van der Waals surface area contributed by atoms with E-state index in [1.54, 1.807) is 26.4 Å². The van der Waals surface area contributed by atoms with E-state index in [9.17, 15) is 4.79 Å². The molecule has 0 unspecified atom stereocenters. The second-order valence-electron chi connectivity index (χ2n) is 6.91. The largest absolute Gasteiger partial charge is 0.493 e. The Morgan fingerprint density at radius 1 is 1.26 bits per heavy atom. The first-order chi connectivity index (χ1) is 13.1. The van der Waals surface area contributed by atoms with Crippen LogP contribution in [0.4, 0.5) is 0 Å². The highest BCUT2D eigenvalue weighted by atomic mass is 16.5. The van der Waals surface area contributed by atoms with E-state index in [1.807, 2.05) is 0 Å². The third kappa shape index (κ3) is 3.19. The van der Waals surface area contributed by atoms with E-state index in [1.165, 1.54) is 5.69 Å². The Morgan fingerprint density at radius 2 is 2.04 bits per heavy atom. The zero-order valence-electron chi connectivity index (χ0n) is 15.9. The van der Waals surface area contributed by atoms with Crippen molar-refractivity contribution in [3.8, 4) is 11.5 Å². The Bertz CT molecular complexity index is 1020. The minimum absolute atomic E-state index is 0.162. The molecule has 0 aliphatic carbocycles. The van der Waals surface area contributed by atoms with Gasteiger partial charge in [0.15, 0.2) is 11.5 Å². The maximum Gasteiger partial charge on any atom is 0.258 e. The Kier molecular flexibility index (Phi) is 4.61. The number of aromatic nitrogens is 3. The normalized spacial score (nSPS) is 17.5. The molecule has 1 N–H and O–H groups in total. The van der Waals surface area contributed by atoms with Crippen LogP contribution in [0.5, 0.6) is 11.5 Å². The standard InChI is InChI=1S/C20H24N4O3/c1-23-8-4-6-15(23)16-7-5-9-24(16)12-19-21-14-11-18(27-3)17(26-2)10-13(14)20(25)22-19/h4,6,8,10-11,16H,5,7,9,12H2,1-3H3,(H,21,22,25)/t16-/m1/s1. The number of nitrogens with zero attached hydrogens (tertiary/aromatic N) is 3. The lowest BCUT2D eigenvalue weighted by Crippen LogP contribution is -2.26. The van der Waals surface area contributed by atoms with Crippen molar-refractivity contribution in [3.05, 3.63) is 52.3 Å². The highest BCUT2D eigenvalue weighted by molar-refractivity contribution is 5.81. The molecule has 7 heteroatoms. The van der Waals surface area contributed by atoms with Crippen molar-refractivity contribution in [1.82, 2.24) is 19.4 Å². The number of rotatable bonds is 5. The number of methoxy groups -OCH3 is 2. The lowest BCUT2D eigenvalue weighted by atomic mass is 10.1. The molecule has 0 radical (unpaired) electrons. The van der Waals surface area contributed by atoms with Crippen LogP contribution < -0.4 is 15.0 Å². The van der Waals surface area contributed by atoms with Gasteiger partial charge in [-0.25, -0.2) is 4.98 Å². The Labute approximate surface area is 157 Å². The number of nitrogens with one attached hydrogen (secondary N) is 1. The summed E-state index contributed by atoms with van der Waals surface area (Å²) < 4.78 is 12.8. The summed E-state index contributed by atoms with van der Waals surface area (Å²) in [7, 11) is 5.20. The SMILES string of the molecule is COc1cc2nc(CN3CCC[C@@H]3c3cccn3C)[nH]c(=O)c2cc1OC. The van der Waals surface area contributed by atoms with Crippen molar-refractivity contribution in [2.45, 2.75) is 25.4 Å². The van der Waals surface area contributed by atoms with E-state index < -0.39 is 0 Å². The molecular weight excluding hydrogens is 344 g/mol. The second-order valence-corrected chi connectivity index (χ2v) is 6.91. The molecule has 3 heterocycles. The lowest BCUT2D eigenvalue weighted by molar-refractivity contribution is 0.235. The molecule has 0 amide bonds. The molecule has 1 fully saturated rings. The number of likely N-dealkylation sites (tertiary alicyclic amines) is 1. The van der Waals surface area contributed by atoms with E-state index >= 15 is 0 Å². The molecule has 27 heavy (non-hydrogen) atoms. The van der Waals surface area contributed by atoms with E-state index in [0.29, 0.717) is 40.8 Å². The second kappa shape index (κ2) is 7.08. The molecule has 1 aliphatic rings. The molecule has 3 aromatic rings. The summed E-state index contributed by atoms with van der Waals surface area (Å²) in [4.78, 5) is 22.6. The maximum atomic E-state index is 12.6. The van der Waals surface area contributed by atoms with Crippen molar-refractivity contribution in [1.29, 1.82) is 0 Å². The van der Waals surface area contributed by atoms with Crippen LogP contribution in [0.1, 0.15) is 30.4 Å². The van der Waals surface area contributed by atoms with Crippen molar-refractivity contribution < 1.29 is 9.47 Å². The van der Waals surface area contributed by atoms with Crippen LogP contribution in [0.15, 0.2) is 35.3 Å². The first kappa shape index (κ1) is 17.6. The number of aromatic amines is 1. The Hall–Kier alpha value is -2.80. The van der Waals surface area contributed by atoms with Gasteiger partial charge >= 0.3 is 0 Å². The van der Waals surface area contributed by atoms with E-state index in [4.69, 9.17) is 9.47 Å². The summed E-state index contributed by atoms with van der Waals surface area (Å²) in [5.74, 6) is 1.76. The number of H-pyrrole nitrogens is 1. The van der Waals surface area contributed by atoms with Crippen LogP contribution in [0.2, 0.25) is 0 Å². The third-order valence-electron chi connectivity index (χ3n) is 5.30. The quantitative estimate of drug-likeness (QED) is 0.749. The summed E-state index contributed by atoms with van der Waals surface area (Å²) in [5.41, 5.74) is 1.74. The third-order valence-corrected chi connectivity index (χ3v) is 5.30. The summed E-state index contributed by atoms with van der Waals surface area (Å²) in [5, 5.41) is 0.497. The van der Waals surface area contributed by atoms with Gasteiger partial charge < -0.3 is 19.0 Å². The lowest BCUT2D eigenvalue weighted by Gasteiger charge is -2.24. The summed E-state index contributed by atoms with van der Waals surface area (Å²) in [6.45, 7) is 1.60. The van der Waals surface area contributed by atoms with Gasteiger partial charge in [0.2, 0.25) is 0 Å². The molecule has 0 spiro atoms. The van der Waals surface area contributed by atoms with Crippen LogP contribution >= 0.6 is 0 Å². The van der Waals surface area contributed by atoms with Crippen molar-refractivity contribution in [2.75, 3.05) is 20.8 Å².